The van der Waals surface area contributed by atoms with Gasteiger partial charge in [0.15, 0.2) is 0 Å². The third kappa shape index (κ3) is 3.02. The highest BCUT2D eigenvalue weighted by molar-refractivity contribution is 5.65. The maximum atomic E-state index is 12.5. The first-order chi connectivity index (χ1) is 9.29. The maximum Gasteiger partial charge on any atom is 0.416 e. The normalized spacial score (nSPS) is 13.3. The van der Waals surface area contributed by atoms with Gasteiger partial charge < -0.3 is 5.11 Å². The molecule has 0 fully saturated rings. The van der Waals surface area contributed by atoms with Gasteiger partial charge in [0, 0.05) is 0 Å². The number of halogens is 3. The second-order valence-electron chi connectivity index (χ2n) is 4.82. The Bertz CT molecular complexity index is 598. The van der Waals surface area contributed by atoms with E-state index in [1.54, 1.807) is 19.1 Å². The highest BCUT2D eigenvalue weighted by atomic mass is 19.4. The van der Waals surface area contributed by atoms with Crippen molar-refractivity contribution in [2.45, 2.75) is 26.1 Å². The number of benzene rings is 2. The second kappa shape index (κ2) is 5.29. The molecule has 0 bridgehead atoms. The smallest absolute Gasteiger partial charge is 0.389 e. The van der Waals surface area contributed by atoms with E-state index in [1.807, 2.05) is 13.0 Å². The largest absolute Gasteiger partial charge is 0.416 e. The molecule has 0 aliphatic heterocycles. The lowest BCUT2D eigenvalue weighted by atomic mass is 9.97. The van der Waals surface area contributed by atoms with E-state index in [0.29, 0.717) is 0 Å². The molecule has 0 spiro atoms. The van der Waals surface area contributed by atoms with Crippen LogP contribution in [0.2, 0.25) is 0 Å². The maximum absolute atomic E-state index is 12.5. The van der Waals surface area contributed by atoms with E-state index >= 15 is 0 Å². The molecule has 0 aromatic heterocycles. The Morgan fingerprint density at radius 2 is 1.50 bits per heavy atom. The van der Waals surface area contributed by atoms with Crippen molar-refractivity contribution in [1.29, 1.82) is 0 Å². The van der Waals surface area contributed by atoms with Crippen LogP contribution in [-0.2, 0) is 6.18 Å². The molecule has 106 valence electrons. The summed E-state index contributed by atoms with van der Waals surface area (Å²) in [5, 5.41) is 9.57. The number of aliphatic hydroxyl groups is 1. The summed E-state index contributed by atoms with van der Waals surface area (Å²) in [6.07, 6.45) is -4.87. The van der Waals surface area contributed by atoms with Crippen molar-refractivity contribution >= 4 is 0 Å². The molecule has 1 nitrogen and oxygen atoms in total. The molecule has 2 rings (SSSR count). The molecule has 0 aliphatic carbocycles. The molecule has 20 heavy (non-hydrogen) atoms. The SMILES string of the molecule is Cc1cc(-c2ccc(C(F)(F)F)cc2)ccc1[C@@H](C)O. The monoisotopic (exact) mass is 280 g/mol. The van der Waals surface area contributed by atoms with E-state index in [9.17, 15) is 18.3 Å². The molecule has 0 radical (unpaired) electrons. The van der Waals surface area contributed by atoms with Gasteiger partial charge in [-0.25, -0.2) is 0 Å². The minimum absolute atomic E-state index is 0.559. The molecular formula is C16H15F3O. The molecule has 2 aromatic rings. The molecule has 2 aromatic carbocycles. The van der Waals surface area contributed by atoms with Gasteiger partial charge in [-0.3, -0.25) is 0 Å². The van der Waals surface area contributed by atoms with Crippen LogP contribution >= 0.6 is 0 Å². The van der Waals surface area contributed by atoms with E-state index in [1.165, 1.54) is 12.1 Å². The Balaban J connectivity index is 2.35. The zero-order valence-corrected chi connectivity index (χ0v) is 11.2. The molecule has 0 unspecified atom stereocenters. The zero-order valence-electron chi connectivity index (χ0n) is 11.2. The Morgan fingerprint density at radius 3 is 1.95 bits per heavy atom. The van der Waals surface area contributed by atoms with Crippen molar-refractivity contribution in [3.8, 4) is 11.1 Å². The fourth-order valence-electron chi connectivity index (χ4n) is 2.18. The predicted octanol–water partition coefficient (Wildman–Crippen LogP) is 4.73. The Kier molecular flexibility index (Phi) is 3.86. The zero-order chi connectivity index (χ0) is 14.9. The van der Waals surface area contributed by atoms with Gasteiger partial charge in [-0.15, -0.1) is 0 Å². The first-order valence-electron chi connectivity index (χ1n) is 6.25. The van der Waals surface area contributed by atoms with E-state index in [4.69, 9.17) is 0 Å². The predicted molar refractivity (Wildman–Crippen MR) is 72.3 cm³/mol. The number of aryl methyl sites for hydroxylation is 1. The van der Waals surface area contributed by atoms with Crippen LogP contribution in [0, 0.1) is 6.92 Å². The molecule has 0 saturated heterocycles. The van der Waals surface area contributed by atoms with Crippen LogP contribution < -0.4 is 0 Å². The summed E-state index contributed by atoms with van der Waals surface area (Å²) >= 11 is 0. The average molecular weight is 280 g/mol. The van der Waals surface area contributed by atoms with Gasteiger partial charge in [0.1, 0.15) is 0 Å². The van der Waals surface area contributed by atoms with Crippen molar-refractivity contribution in [3.05, 3.63) is 59.2 Å². The summed E-state index contributed by atoms with van der Waals surface area (Å²) in [5.74, 6) is 0. The lowest BCUT2D eigenvalue weighted by Gasteiger charge is -2.12. The Morgan fingerprint density at radius 1 is 0.950 bits per heavy atom. The van der Waals surface area contributed by atoms with Gasteiger partial charge in [-0.1, -0.05) is 30.3 Å². The van der Waals surface area contributed by atoms with Crippen LogP contribution in [0.15, 0.2) is 42.5 Å². The van der Waals surface area contributed by atoms with Gasteiger partial charge in [-0.2, -0.15) is 13.2 Å². The highest BCUT2D eigenvalue weighted by Crippen LogP contribution is 2.31. The Hall–Kier alpha value is -1.81. The first kappa shape index (κ1) is 14.6. The third-order valence-electron chi connectivity index (χ3n) is 3.27. The van der Waals surface area contributed by atoms with Gasteiger partial charge >= 0.3 is 6.18 Å². The van der Waals surface area contributed by atoms with Crippen LogP contribution in [0.5, 0.6) is 0 Å². The lowest BCUT2D eigenvalue weighted by Crippen LogP contribution is -2.04. The molecule has 0 saturated carbocycles. The van der Waals surface area contributed by atoms with Crippen LogP contribution in [0.3, 0.4) is 0 Å². The van der Waals surface area contributed by atoms with Gasteiger partial charge in [0.2, 0.25) is 0 Å². The summed E-state index contributed by atoms with van der Waals surface area (Å²) in [5.41, 5.74) is 2.63. The number of aliphatic hydroxyl groups excluding tert-OH is 1. The first-order valence-corrected chi connectivity index (χ1v) is 6.25. The van der Waals surface area contributed by atoms with Gasteiger partial charge in [-0.05, 0) is 48.2 Å². The fourth-order valence-corrected chi connectivity index (χ4v) is 2.18. The van der Waals surface area contributed by atoms with Gasteiger partial charge in [0.25, 0.3) is 0 Å². The van der Waals surface area contributed by atoms with Gasteiger partial charge in [0.05, 0.1) is 11.7 Å². The minimum atomic E-state index is -4.31. The van der Waals surface area contributed by atoms with Crippen LogP contribution in [-0.4, -0.2) is 5.11 Å². The number of rotatable bonds is 2. The molecule has 0 heterocycles. The van der Waals surface area contributed by atoms with Crippen molar-refractivity contribution < 1.29 is 18.3 Å². The third-order valence-corrected chi connectivity index (χ3v) is 3.27. The van der Waals surface area contributed by atoms with E-state index in [2.05, 4.69) is 0 Å². The van der Waals surface area contributed by atoms with E-state index in [0.717, 1.165) is 34.4 Å². The molecule has 1 N–H and O–H groups in total. The summed E-state index contributed by atoms with van der Waals surface area (Å²) < 4.78 is 37.5. The van der Waals surface area contributed by atoms with Crippen LogP contribution in [0.25, 0.3) is 11.1 Å². The van der Waals surface area contributed by atoms with Crippen molar-refractivity contribution in [3.63, 3.8) is 0 Å². The Labute approximate surface area is 115 Å². The van der Waals surface area contributed by atoms with Crippen LogP contribution in [0.1, 0.15) is 29.7 Å². The number of hydrogen-bond donors (Lipinski definition) is 1. The summed E-state index contributed by atoms with van der Waals surface area (Å²) in [6.45, 7) is 3.55. The summed E-state index contributed by atoms with van der Waals surface area (Å²) in [4.78, 5) is 0. The van der Waals surface area contributed by atoms with Crippen molar-refractivity contribution in [1.82, 2.24) is 0 Å². The average Bonchev–Trinajstić information content (AvgIpc) is 2.37. The van der Waals surface area contributed by atoms with E-state index in [-0.39, 0.29) is 0 Å². The van der Waals surface area contributed by atoms with Crippen molar-refractivity contribution in [2.24, 2.45) is 0 Å². The molecule has 4 heteroatoms. The highest BCUT2D eigenvalue weighted by Gasteiger charge is 2.29. The molecular weight excluding hydrogens is 265 g/mol. The van der Waals surface area contributed by atoms with E-state index < -0.39 is 17.8 Å². The van der Waals surface area contributed by atoms with Crippen molar-refractivity contribution in [2.75, 3.05) is 0 Å². The van der Waals surface area contributed by atoms with Crippen LogP contribution in [0.4, 0.5) is 13.2 Å². The second-order valence-corrected chi connectivity index (χ2v) is 4.82. The topological polar surface area (TPSA) is 20.2 Å². The summed E-state index contributed by atoms with van der Waals surface area (Å²) in [7, 11) is 0. The quantitative estimate of drug-likeness (QED) is 0.842. The summed E-state index contributed by atoms with van der Waals surface area (Å²) in [6, 6.07) is 10.5. The lowest BCUT2D eigenvalue weighted by molar-refractivity contribution is -0.137. The molecule has 1 atom stereocenters. The minimum Gasteiger partial charge on any atom is -0.389 e. The number of hydrogen-bond acceptors (Lipinski definition) is 1. The number of alkyl halides is 3. The molecule has 0 aliphatic rings. The standard InChI is InChI=1S/C16H15F3O/c1-10-9-13(5-8-15(10)11(2)20)12-3-6-14(7-4-12)16(17,18)19/h3-9,11,20H,1-2H3/t11-/m1/s1. The fraction of sp³-hybridized carbons (Fsp3) is 0.250. The molecule has 0 amide bonds.